The minimum absolute atomic E-state index is 0.102. The Labute approximate surface area is 222 Å². The molecule has 6 rings (SSSR count). The zero-order valence-electron chi connectivity index (χ0n) is 21.7. The van der Waals surface area contributed by atoms with Gasteiger partial charge in [0, 0.05) is 49.3 Å². The smallest absolute Gasteiger partial charge is 0.257 e. The Morgan fingerprint density at radius 1 is 1.00 bits per heavy atom. The molecule has 3 fully saturated rings. The fraction of sp³-hybridized carbons (Fsp3) is 0.448. The van der Waals surface area contributed by atoms with E-state index in [0.29, 0.717) is 43.8 Å². The highest BCUT2D eigenvalue weighted by Crippen LogP contribution is 2.39. The first-order chi connectivity index (χ1) is 18.6. The molecule has 9 nitrogen and oxygen atoms in total. The van der Waals surface area contributed by atoms with E-state index in [0.717, 1.165) is 72.5 Å². The van der Waals surface area contributed by atoms with Gasteiger partial charge in [-0.15, -0.1) is 0 Å². The van der Waals surface area contributed by atoms with Crippen molar-refractivity contribution in [2.24, 2.45) is 0 Å². The van der Waals surface area contributed by atoms with Crippen molar-refractivity contribution in [2.75, 3.05) is 49.7 Å². The largest absolute Gasteiger partial charge is 0.473 e. The van der Waals surface area contributed by atoms with Gasteiger partial charge in [-0.05, 0) is 55.2 Å². The van der Waals surface area contributed by atoms with Crippen LogP contribution in [0.2, 0.25) is 0 Å². The fourth-order valence-electron chi connectivity index (χ4n) is 4.96. The SMILES string of the molecule is Cc1ccc(NC(=O)c2cnnc(C3CC3)c2)cc1-c1cnc(OC2CCOCC2)c(N2CCOCC2)c1. The highest BCUT2D eigenvalue weighted by Gasteiger charge is 2.26. The maximum Gasteiger partial charge on any atom is 0.257 e. The molecule has 2 aromatic heterocycles. The normalized spacial score (nSPS) is 18.3. The van der Waals surface area contributed by atoms with Crippen LogP contribution in [0.15, 0.2) is 42.7 Å². The van der Waals surface area contributed by atoms with Gasteiger partial charge in [-0.2, -0.15) is 10.2 Å². The van der Waals surface area contributed by atoms with Gasteiger partial charge >= 0.3 is 0 Å². The highest BCUT2D eigenvalue weighted by atomic mass is 16.5. The Hall–Kier alpha value is -3.56. The summed E-state index contributed by atoms with van der Waals surface area (Å²) < 4.78 is 17.5. The molecule has 198 valence electrons. The van der Waals surface area contributed by atoms with Crippen molar-refractivity contribution in [3.63, 3.8) is 0 Å². The Bertz CT molecular complexity index is 1300. The fourth-order valence-corrected chi connectivity index (χ4v) is 4.96. The number of amides is 1. The highest BCUT2D eigenvalue weighted by molar-refractivity contribution is 6.04. The van der Waals surface area contributed by atoms with Gasteiger partial charge in [0.1, 0.15) is 11.8 Å². The first-order valence-corrected chi connectivity index (χ1v) is 13.5. The van der Waals surface area contributed by atoms with Crippen LogP contribution in [0.3, 0.4) is 0 Å². The number of aromatic nitrogens is 3. The van der Waals surface area contributed by atoms with Crippen molar-refractivity contribution < 1.29 is 19.0 Å². The summed E-state index contributed by atoms with van der Waals surface area (Å²) in [6.07, 6.45) is 7.43. The first kappa shape index (κ1) is 24.8. The van der Waals surface area contributed by atoms with Crippen molar-refractivity contribution in [1.29, 1.82) is 0 Å². The van der Waals surface area contributed by atoms with Crippen LogP contribution >= 0.6 is 0 Å². The molecule has 2 saturated heterocycles. The summed E-state index contributed by atoms with van der Waals surface area (Å²) >= 11 is 0. The molecule has 3 aromatic rings. The standard InChI is InChI=1S/C29H33N5O4/c1-19-2-5-23(32-28(35)22-14-26(20-3-4-20)33-31-18-22)16-25(19)21-15-27(34-8-12-37-13-9-34)29(30-17-21)38-24-6-10-36-11-7-24/h2,5,14-18,20,24H,3-4,6-13H2,1H3,(H,32,35). The summed E-state index contributed by atoms with van der Waals surface area (Å²) in [6, 6.07) is 9.95. The number of anilines is 2. The van der Waals surface area contributed by atoms with E-state index in [9.17, 15) is 4.79 Å². The molecule has 1 aliphatic carbocycles. The van der Waals surface area contributed by atoms with Gasteiger partial charge in [0.15, 0.2) is 0 Å². The van der Waals surface area contributed by atoms with Crippen LogP contribution in [0, 0.1) is 6.92 Å². The summed E-state index contributed by atoms with van der Waals surface area (Å²) in [4.78, 5) is 20.1. The molecule has 1 N–H and O–H groups in total. The van der Waals surface area contributed by atoms with E-state index in [4.69, 9.17) is 19.2 Å². The molecule has 0 radical (unpaired) electrons. The molecule has 4 heterocycles. The molecule has 0 unspecified atom stereocenters. The van der Waals surface area contributed by atoms with Crippen molar-refractivity contribution in [2.45, 2.75) is 44.6 Å². The molecule has 0 spiro atoms. The second-order valence-corrected chi connectivity index (χ2v) is 10.2. The number of benzene rings is 1. The molecule has 1 amide bonds. The number of pyridine rings is 1. The minimum Gasteiger partial charge on any atom is -0.473 e. The first-order valence-electron chi connectivity index (χ1n) is 13.5. The Balaban J connectivity index is 1.27. The summed E-state index contributed by atoms with van der Waals surface area (Å²) in [7, 11) is 0. The third-order valence-corrected chi connectivity index (χ3v) is 7.37. The average Bonchev–Trinajstić information content (AvgIpc) is 3.81. The number of carbonyl (C=O) groups excluding carboxylic acids is 1. The summed E-state index contributed by atoms with van der Waals surface area (Å²) in [6.45, 7) is 6.41. The number of hydrogen-bond donors (Lipinski definition) is 1. The zero-order chi connectivity index (χ0) is 25.9. The van der Waals surface area contributed by atoms with Crippen LogP contribution in [0.4, 0.5) is 11.4 Å². The number of nitrogens with one attached hydrogen (secondary N) is 1. The van der Waals surface area contributed by atoms with E-state index in [2.05, 4.69) is 33.4 Å². The van der Waals surface area contributed by atoms with Crippen LogP contribution in [0.1, 0.15) is 53.2 Å². The number of aryl methyl sites for hydroxylation is 1. The van der Waals surface area contributed by atoms with Crippen LogP contribution < -0.4 is 15.0 Å². The molecular formula is C29H33N5O4. The summed E-state index contributed by atoms with van der Waals surface area (Å²) in [5, 5.41) is 11.3. The van der Waals surface area contributed by atoms with Gasteiger partial charge in [0.25, 0.3) is 5.91 Å². The molecule has 1 saturated carbocycles. The minimum atomic E-state index is -0.191. The third kappa shape index (κ3) is 5.63. The van der Waals surface area contributed by atoms with Crippen molar-refractivity contribution in [3.8, 4) is 17.0 Å². The van der Waals surface area contributed by atoms with E-state index in [1.807, 2.05) is 30.5 Å². The maximum atomic E-state index is 13.0. The molecular weight excluding hydrogens is 482 g/mol. The van der Waals surface area contributed by atoms with E-state index < -0.39 is 0 Å². The van der Waals surface area contributed by atoms with E-state index in [-0.39, 0.29) is 12.0 Å². The number of hydrogen-bond acceptors (Lipinski definition) is 8. The average molecular weight is 516 g/mol. The van der Waals surface area contributed by atoms with E-state index in [1.165, 1.54) is 6.20 Å². The predicted molar refractivity (Wildman–Crippen MR) is 144 cm³/mol. The van der Waals surface area contributed by atoms with Crippen molar-refractivity contribution in [1.82, 2.24) is 15.2 Å². The monoisotopic (exact) mass is 515 g/mol. The second-order valence-electron chi connectivity index (χ2n) is 10.2. The van der Waals surface area contributed by atoms with E-state index in [1.54, 1.807) is 0 Å². The number of morpholine rings is 1. The van der Waals surface area contributed by atoms with Crippen molar-refractivity contribution in [3.05, 3.63) is 59.5 Å². The van der Waals surface area contributed by atoms with Gasteiger partial charge in [0.2, 0.25) is 5.88 Å². The van der Waals surface area contributed by atoms with Crippen LogP contribution in [-0.2, 0) is 9.47 Å². The lowest BCUT2D eigenvalue weighted by atomic mass is 10.0. The molecule has 0 atom stereocenters. The molecule has 1 aromatic carbocycles. The van der Waals surface area contributed by atoms with Gasteiger partial charge in [0.05, 0.1) is 43.9 Å². The molecule has 9 heteroatoms. The van der Waals surface area contributed by atoms with Crippen LogP contribution in [-0.4, -0.2) is 66.7 Å². The maximum absolute atomic E-state index is 13.0. The number of carbonyl (C=O) groups is 1. The molecule has 0 bridgehead atoms. The predicted octanol–water partition coefficient (Wildman–Crippen LogP) is 4.37. The lowest BCUT2D eigenvalue weighted by Crippen LogP contribution is -2.37. The summed E-state index contributed by atoms with van der Waals surface area (Å²) in [5.74, 6) is 0.901. The lowest BCUT2D eigenvalue weighted by molar-refractivity contribution is 0.0238. The van der Waals surface area contributed by atoms with Crippen LogP contribution in [0.5, 0.6) is 5.88 Å². The topological polar surface area (TPSA) is 98.7 Å². The van der Waals surface area contributed by atoms with Crippen molar-refractivity contribution >= 4 is 17.3 Å². The number of ether oxygens (including phenoxy) is 3. The van der Waals surface area contributed by atoms with Gasteiger partial charge in [-0.25, -0.2) is 4.98 Å². The second kappa shape index (κ2) is 11.0. The third-order valence-electron chi connectivity index (χ3n) is 7.37. The van der Waals surface area contributed by atoms with Crippen LogP contribution in [0.25, 0.3) is 11.1 Å². The Morgan fingerprint density at radius 2 is 1.79 bits per heavy atom. The van der Waals surface area contributed by atoms with Gasteiger partial charge < -0.3 is 24.4 Å². The Kier molecular flexibility index (Phi) is 7.20. The molecule has 3 aliphatic rings. The molecule has 38 heavy (non-hydrogen) atoms. The molecule has 2 aliphatic heterocycles. The zero-order valence-corrected chi connectivity index (χ0v) is 21.7. The number of nitrogens with zero attached hydrogens (tertiary/aromatic N) is 4. The quantitative estimate of drug-likeness (QED) is 0.495. The van der Waals surface area contributed by atoms with Gasteiger partial charge in [-0.3, -0.25) is 4.79 Å². The lowest BCUT2D eigenvalue weighted by Gasteiger charge is -2.31. The number of rotatable bonds is 7. The van der Waals surface area contributed by atoms with E-state index >= 15 is 0 Å². The summed E-state index contributed by atoms with van der Waals surface area (Å²) in [5.41, 5.74) is 6.19. The van der Waals surface area contributed by atoms with Gasteiger partial charge in [-0.1, -0.05) is 6.07 Å². The Morgan fingerprint density at radius 3 is 2.58 bits per heavy atom.